The maximum atomic E-state index is 5.53. The van der Waals surface area contributed by atoms with Crippen LogP contribution in [0.4, 0.5) is 5.82 Å². The van der Waals surface area contributed by atoms with Crippen LogP contribution in [0.15, 0.2) is 12.4 Å². The van der Waals surface area contributed by atoms with Gasteiger partial charge in [0.25, 0.3) is 0 Å². The molecule has 1 N–H and O–H groups in total. The smallest absolute Gasteiger partial charge is 0.218 e. The number of nitrogens with zero attached hydrogens (tertiary/aromatic N) is 2. The van der Waals surface area contributed by atoms with Gasteiger partial charge >= 0.3 is 0 Å². The van der Waals surface area contributed by atoms with Crippen molar-refractivity contribution in [2.75, 3.05) is 25.1 Å². The van der Waals surface area contributed by atoms with E-state index < -0.39 is 0 Å². The van der Waals surface area contributed by atoms with Crippen LogP contribution in [0.25, 0.3) is 0 Å². The normalized spacial score (nSPS) is 19.8. The van der Waals surface area contributed by atoms with Gasteiger partial charge in [-0.2, -0.15) is 0 Å². The van der Waals surface area contributed by atoms with Crippen LogP contribution < -0.4 is 10.1 Å². The van der Waals surface area contributed by atoms with E-state index in [0.29, 0.717) is 11.8 Å². The molecule has 1 aliphatic rings. The predicted molar refractivity (Wildman–Crippen MR) is 69.8 cm³/mol. The quantitative estimate of drug-likeness (QED) is 0.868. The second-order valence-electron chi connectivity index (χ2n) is 4.87. The summed E-state index contributed by atoms with van der Waals surface area (Å²) in [6.45, 7) is 6.59. The van der Waals surface area contributed by atoms with Crippen LogP contribution in [0.5, 0.6) is 5.88 Å². The van der Waals surface area contributed by atoms with Crippen molar-refractivity contribution in [2.24, 2.45) is 5.92 Å². The Hall–Kier alpha value is -1.36. The van der Waals surface area contributed by atoms with Gasteiger partial charge in [-0.05, 0) is 32.6 Å². The zero-order chi connectivity index (χ0) is 12.8. The lowest BCUT2D eigenvalue weighted by molar-refractivity contribution is 0.0595. The van der Waals surface area contributed by atoms with Crippen LogP contribution in [0, 0.1) is 5.92 Å². The first-order valence-electron chi connectivity index (χ1n) is 6.54. The molecule has 1 atom stereocenters. The van der Waals surface area contributed by atoms with Crippen LogP contribution in [0.3, 0.4) is 0 Å². The molecule has 5 nitrogen and oxygen atoms in total. The fraction of sp³-hybridized carbons (Fsp3) is 0.692. The largest absolute Gasteiger partial charge is 0.475 e. The van der Waals surface area contributed by atoms with Crippen LogP contribution in [0.1, 0.15) is 26.7 Å². The highest BCUT2D eigenvalue weighted by atomic mass is 16.5. The monoisotopic (exact) mass is 251 g/mol. The summed E-state index contributed by atoms with van der Waals surface area (Å²) in [6, 6.07) is 1.84. The zero-order valence-electron chi connectivity index (χ0n) is 11.1. The lowest BCUT2D eigenvalue weighted by atomic mass is 10.0. The zero-order valence-corrected chi connectivity index (χ0v) is 11.1. The summed E-state index contributed by atoms with van der Waals surface area (Å²) >= 11 is 0. The minimum Gasteiger partial charge on any atom is -0.475 e. The molecule has 0 amide bonds. The van der Waals surface area contributed by atoms with Crippen molar-refractivity contribution in [3.05, 3.63) is 12.4 Å². The molecular weight excluding hydrogens is 230 g/mol. The molecule has 2 heterocycles. The summed E-state index contributed by atoms with van der Waals surface area (Å²) in [5, 5.41) is 3.32. The van der Waals surface area contributed by atoms with Gasteiger partial charge < -0.3 is 14.8 Å². The Morgan fingerprint density at radius 3 is 3.11 bits per heavy atom. The Morgan fingerprint density at radius 2 is 2.39 bits per heavy atom. The van der Waals surface area contributed by atoms with Gasteiger partial charge in [-0.3, -0.25) is 0 Å². The molecule has 1 aliphatic heterocycles. The van der Waals surface area contributed by atoms with Crippen molar-refractivity contribution < 1.29 is 9.47 Å². The summed E-state index contributed by atoms with van der Waals surface area (Å²) in [5.74, 6) is 2.00. The van der Waals surface area contributed by atoms with E-state index in [-0.39, 0.29) is 6.10 Å². The second-order valence-corrected chi connectivity index (χ2v) is 4.87. The van der Waals surface area contributed by atoms with E-state index >= 15 is 0 Å². The minimum absolute atomic E-state index is 0.125. The average Bonchev–Trinajstić information content (AvgIpc) is 2.37. The Labute approximate surface area is 108 Å². The van der Waals surface area contributed by atoms with Crippen LogP contribution >= 0.6 is 0 Å². The number of rotatable bonds is 5. The fourth-order valence-corrected chi connectivity index (χ4v) is 1.96. The molecule has 100 valence electrons. The van der Waals surface area contributed by atoms with Crippen LogP contribution in [-0.4, -0.2) is 35.8 Å². The lowest BCUT2D eigenvalue weighted by Crippen LogP contribution is -2.24. The molecule has 2 rings (SSSR count). The van der Waals surface area contributed by atoms with Crippen molar-refractivity contribution >= 4 is 5.82 Å². The van der Waals surface area contributed by atoms with E-state index in [1.54, 1.807) is 0 Å². The topological polar surface area (TPSA) is 56.3 Å². The molecule has 0 bridgehead atoms. The van der Waals surface area contributed by atoms with E-state index in [1.165, 1.54) is 12.7 Å². The van der Waals surface area contributed by atoms with Crippen molar-refractivity contribution in [1.29, 1.82) is 0 Å². The van der Waals surface area contributed by atoms with Gasteiger partial charge in [0.05, 0.1) is 12.7 Å². The number of hydrogen-bond donors (Lipinski definition) is 1. The molecule has 1 aromatic rings. The molecule has 0 aromatic carbocycles. The molecular formula is C13H21N3O2. The Kier molecular flexibility index (Phi) is 4.75. The number of ether oxygens (including phenoxy) is 2. The summed E-state index contributed by atoms with van der Waals surface area (Å²) in [7, 11) is 0. The first-order valence-corrected chi connectivity index (χ1v) is 6.54. The van der Waals surface area contributed by atoms with Gasteiger partial charge in [0.15, 0.2) is 0 Å². The third kappa shape index (κ3) is 4.14. The fourth-order valence-electron chi connectivity index (χ4n) is 1.96. The van der Waals surface area contributed by atoms with Crippen LogP contribution in [0.2, 0.25) is 0 Å². The molecule has 0 spiro atoms. The van der Waals surface area contributed by atoms with Crippen molar-refractivity contribution in [3.8, 4) is 5.88 Å². The number of nitrogens with one attached hydrogen (secondary N) is 1. The van der Waals surface area contributed by atoms with E-state index in [1.807, 2.05) is 19.9 Å². The standard InChI is InChI=1S/C13H21N3O2/c1-10(2)18-13-6-12(15-9-16-13)14-7-11-4-3-5-17-8-11/h6,9-11H,3-5,7-8H2,1-2H3,(H,14,15,16). The molecule has 5 heteroatoms. The summed E-state index contributed by atoms with van der Waals surface area (Å²) in [5.41, 5.74) is 0. The maximum Gasteiger partial charge on any atom is 0.218 e. The first-order chi connectivity index (χ1) is 8.74. The third-order valence-corrected chi connectivity index (χ3v) is 2.82. The molecule has 1 aromatic heterocycles. The van der Waals surface area contributed by atoms with Crippen molar-refractivity contribution in [1.82, 2.24) is 9.97 Å². The summed E-state index contributed by atoms with van der Waals surface area (Å²) in [6.07, 6.45) is 4.02. The highest BCUT2D eigenvalue weighted by Gasteiger charge is 2.13. The molecule has 1 unspecified atom stereocenters. The van der Waals surface area contributed by atoms with Crippen molar-refractivity contribution in [3.63, 3.8) is 0 Å². The predicted octanol–water partition coefficient (Wildman–Crippen LogP) is 2.10. The Morgan fingerprint density at radius 1 is 1.50 bits per heavy atom. The second kappa shape index (κ2) is 6.54. The van der Waals surface area contributed by atoms with E-state index in [2.05, 4.69) is 15.3 Å². The summed E-state index contributed by atoms with van der Waals surface area (Å²) in [4.78, 5) is 8.26. The van der Waals surface area contributed by atoms with Gasteiger partial charge in [-0.25, -0.2) is 9.97 Å². The van der Waals surface area contributed by atoms with Crippen LogP contribution in [-0.2, 0) is 4.74 Å². The molecule has 1 fully saturated rings. The van der Waals surface area contributed by atoms with Gasteiger partial charge in [-0.1, -0.05) is 0 Å². The molecule has 18 heavy (non-hydrogen) atoms. The number of hydrogen-bond acceptors (Lipinski definition) is 5. The molecule has 0 saturated carbocycles. The molecule has 0 radical (unpaired) electrons. The number of anilines is 1. The first kappa shape index (κ1) is 13.1. The Balaban J connectivity index is 1.84. The van der Waals surface area contributed by atoms with Gasteiger partial charge in [0, 0.05) is 19.2 Å². The highest BCUT2D eigenvalue weighted by molar-refractivity contribution is 5.37. The minimum atomic E-state index is 0.125. The van der Waals surface area contributed by atoms with E-state index in [0.717, 1.165) is 32.0 Å². The molecule has 0 aliphatic carbocycles. The van der Waals surface area contributed by atoms with Gasteiger partial charge in [-0.15, -0.1) is 0 Å². The highest BCUT2D eigenvalue weighted by Crippen LogP contribution is 2.16. The van der Waals surface area contributed by atoms with E-state index in [9.17, 15) is 0 Å². The third-order valence-electron chi connectivity index (χ3n) is 2.82. The van der Waals surface area contributed by atoms with Crippen molar-refractivity contribution in [2.45, 2.75) is 32.8 Å². The maximum absolute atomic E-state index is 5.53. The summed E-state index contributed by atoms with van der Waals surface area (Å²) < 4.78 is 11.0. The van der Waals surface area contributed by atoms with Gasteiger partial charge in [0.1, 0.15) is 12.1 Å². The Bertz CT molecular complexity index is 365. The van der Waals surface area contributed by atoms with Gasteiger partial charge in [0.2, 0.25) is 5.88 Å². The lowest BCUT2D eigenvalue weighted by Gasteiger charge is -2.22. The average molecular weight is 251 g/mol. The number of aromatic nitrogens is 2. The SMILES string of the molecule is CC(C)Oc1cc(NCC2CCCOC2)ncn1. The van der Waals surface area contributed by atoms with E-state index in [4.69, 9.17) is 9.47 Å². The molecule has 1 saturated heterocycles.